The van der Waals surface area contributed by atoms with Crippen molar-refractivity contribution in [2.45, 2.75) is 78.0 Å². The summed E-state index contributed by atoms with van der Waals surface area (Å²) in [6.45, 7) is 13.9. The predicted molar refractivity (Wildman–Crippen MR) is 180 cm³/mol. The van der Waals surface area contributed by atoms with Gasteiger partial charge < -0.3 is 64.3 Å². The molecule has 50 heavy (non-hydrogen) atoms. The maximum absolute atomic E-state index is 12.1. The molecule has 0 aromatic heterocycles. The number of aliphatic carboxylic acids is 1. The fourth-order valence-electron chi connectivity index (χ4n) is 3.53. The molecule has 0 saturated heterocycles. The van der Waals surface area contributed by atoms with Crippen LogP contribution in [-0.4, -0.2) is 151 Å². The standard InChI is InChI=1S/C32H60N4O14/c1-31(2,3)49-29(41)34-11-13-43-15-17-45-19-21-47-23-26(37)33-10-8-7-9-25(28(39)40)36-27(38)24-48-22-20-46-18-16-44-14-12-35-30(42)50-32(4,5)6/h25H,7-24H2,1-6H3,(H,33,37)(H,34,41)(H,35,42)(H,36,38)(H,39,40)/t25-/m0/s1. The monoisotopic (exact) mass is 724 g/mol. The first-order chi connectivity index (χ1) is 23.6. The van der Waals surface area contributed by atoms with Crippen LogP contribution in [0.2, 0.25) is 0 Å². The smallest absolute Gasteiger partial charge is 0.407 e. The highest BCUT2D eigenvalue weighted by Crippen LogP contribution is 2.07. The lowest BCUT2D eigenvalue weighted by atomic mass is 10.1. The van der Waals surface area contributed by atoms with Gasteiger partial charge in [-0.05, 0) is 60.8 Å². The topological polar surface area (TPSA) is 228 Å². The largest absolute Gasteiger partial charge is 0.480 e. The molecule has 0 aliphatic heterocycles. The van der Waals surface area contributed by atoms with E-state index < -0.39 is 41.3 Å². The highest BCUT2D eigenvalue weighted by atomic mass is 16.6. The lowest BCUT2D eigenvalue weighted by Gasteiger charge is -2.19. The van der Waals surface area contributed by atoms with Crippen LogP contribution in [0.25, 0.3) is 0 Å². The first-order valence-corrected chi connectivity index (χ1v) is 16.8. The van der Waals surface area contributed by atoms with Crippen LogP contribution in [-0.2, 0) is 52.3 Å². The van der Waals surface area contributed by atoms with Gasteiger partial charge in [-0.15, -0.1) is 0 Å². The van der Waals surface area contributed by atoms with Crippen molar-refractivity contribution in [2.24, 2.45) is 0 Å². The lowest BCUT2D eigenvalue weighted by Crippen LogP contribution is -2.42. The molecule has 0 aliphatic carbocycles. The van der Waals surface area contributed by atoms with Crippen LogP contribution < -0.4 is 21.3 Å². The van der Waals surface area contributed by atoms with Gasteiger partial charge in [-0.25, -0.2) is 14.4 Å². The summed E-state index contributed by atoms with van der Waals surface area (Å²) in [7, 11) is 0. The number of amides is 4. The van der Waals surface area contributed by atoms with E-state index in [0.29, 0.717) is 72.1 Å². The number of carbonyl (C=O) groups is 5. The molecule has 292 valence electrons. The minimum atomic E-state index is -1.16. The van der Waals surface area contributed by atoms with E-state index in [0.717, 1.165) is 0 Å². The van der Waals surface area contributed by atoms with Crippen LogP contribution in [0.15, 0.2) is 0 Å². The average Bonchev–Trinajstić information content (AvgIpc) is 2.99. The molecule has 0 bridgehead atoms. The van der Waals surface area contributed by atoms with E-state index in [1.54, 1.807) is 41.5 Å². The normalized spacial score (nSPS) is 12.1. The van der Waals surface area contributed by atoms with Crippen molar-refractivity contribution >= 4 is 30.0 Å². The zero-order valence-electron chi connectivity index (χ0n) is 30.6. The Balaban J connectivity index is 3.68. The third-order valence-electron chi connectivity index (χ3n) is 5.66. The Kier molecular flexibility index (Phi) is 26.5. The fourth-order valence-corrected chi connectivity index (χ4v) is 3.53. The van der Waals surface area contributed by atoms with Crippen molar-refractivity contribution in [3.8, 4) is 0 Å². The molecule has 0 unspecified atom stereocenters. The first-order valence-electron chi connectivity index (χ1n) is 16.8. The number of carboxylic acids is 1. The van der Waals surface area contributed by atoms with Gasteiger partial charge in [0.1, 0.15) is 30.5 Å². The van der Waals surface area contributed by atoms with E-state index in [2.05, 4.69) is 21.3 Å². The van der Waals surface area contributed by atoms with Crippen molar-refractivity contribution in [1.29, 1.82) is 0 Å². The molecule has 5 N–H and O–H groups in total. The third-order valence-corrected chi connectivity index (χ3v) is 5.66. The van der Waals surface area contributed by atoms with Crippen LogP contribution in [0.1, 0.15) is 60.8 Å². The molecule has 18 nitrogen and oxygen atoms in total. The lowest BCUT2D eigenvalue weighted by molar-refractivity contribution is -0.142. The first kappa shape index (κ1) is 46.7. The second-order valence-corrected chi connectivity index (χ2v) is 12.7. The Labute approximate surface area is 295 Å². The van der Waals surface area contributed by atoms with Gasteiger partial charge >= 0.3 is 18.2 Å². The van der Waals surface area contributed by atoms with Gasteiger partial charge in [0.2, 0.25) is 11.8 Å². The third kappa shape index (κ3) is 33.2. The number of unbranched alkanes of at least 4 members (excludes halogenated alkanes) is 1. The molecule has 0 radical (unpaired) electrons. The second-order valence-electron chi connectivity index (χ2n) is 12.7. The van der Waals surface area contributed by atoms with Gasteiger partial charge in [-0.3, -0.25) is 9.59 Å². The van der Waals surface area contributed by atoms with Crippen LogP contribution in [0.3, 0.4) is 0 Å². The van der Waals surface area contributed by atoms with Crippen molar-refractivity contribution in [3.63, 3.8) is 0 Å². The zero-order valence-corrected chi connectivity index (χ0v) is 30.6. The van der Waals surface area contributed by atoms with Crippen molar-refractivity contribution in [3.05, 3.63) is 0 Å². The maximum Gasteiger partial charge on any atom is 0.407 e. The summed E-state index contributed by atoms with van der Waals surface area (Å²) >= 11 is 0. The molecular formula is C32H60N4O14. The Morgan fingerprint density at radius 2 is 0.920 bits per heavy atom. The van der Waals surface area contributed by atoms with E-state index in [-0.39, 0.29) is 52.0 Å². The molecule has 4 amide bonds. The highest BCUT2D eigenvalue weighted by Gasteiger charge is 2.20. The zero-order chi connectivity index (χ0) is 37.7. The molecule has 0 heterocycles. The van der Waals surface area contributed by atoms with E-state index in [1.807, 2.05) is 0 Å². The number of carboxylic acid groups (broad SMARTS) is 1. The molecule has 1 atom stereocenters. The van der Waals surface area contributed by atoms with Crippen molar-refractivity contribution in [1.82, 2.24) is 21.3 Å². The summed E-state index contributed by atoms with van der Waals surface area (Å²) in [6, 6.07) is -1.08. The quantitative estimate of drug-likeness (QED) is 0.0679. The number of alkyl carbamates (subject to hydrolysis) is 2. The van der Waals surface area contributed by atoms with Gasteiger partial charge in [0.15, 0.2) is 0 Å². The van der Waals surface area contributed by atoms with Gasteiger partial charge in [0.05, 0.1) is 66.1 Å². The van der Waals surface area contributed by atoms with E-state index in [4.69, 9.17) is 37.9 Å². The van der Waals surface area contributed by atoms with Gasteiger partial charge in [0.25, 0.3) is 0 Å². The van der Waals surface area contributed by atoms with Crippen LogP contribution in [0.4, 0.5) is 9.59 Å². The average molecular weight is 725 g/mol. The summed E-state index contributed by atoms with van der Waals surface area (Å²) in [5, 5.41) is 19.7. The summed E-state index contributed by atoms with van der Waals surface area (Å²) in [4.78, 5) is 58.6. The summed E-state index contributed by atoms with van der Waals surface area (Å²) < 4.78 is 42.1. The summed E-state index contributed by atoms with van der Waals surface area (Å²) in [5.41, 5.74) is -1.12. The van der Waals surface area contributed by atoms with Gasteiger partial charge in [-0.1, -0.05) is 0 Å². The second kappa shape index (κ2) is 28.4. The number of rotatable bonds is 29. The van der Waals surface area contributed by atoms with E-state index >= 15 is 0 Å². The maximum atomic E-state index is 12.1. The van der Waals surface area contributed by atoms with Gasteiger partial charge in [-0.2, -0.15) is 0 Å². The van der Waals surface area contributed by atoms with Crippen LogP contribution in [0.5, 0.6) is 0 Å². The minimum Gasteiger partial charge on any atom is -0.480 e. The number of nitrogens with one attached hydrogen (secondary N) is 4. The molecule has 0 aromatic carbocycles. The van der Waals surface area contributed by atoms with E-state index in [1.165, 1.54) is 0 Å². The molecule has 0 spiro atoms. The Hall–Kier alpha value is -3.29. The molecule has 0 rings (SSSR count). The molecule has 0 aromatic rings. The van der Waals surface area contributed by atoms with E-state index in [9.17, 15) is 29.1 Å². The number of hydrogen-bond acceptors (Lipinski definition) is 13. The molecule has 18 heteroatoms. The Bertz CT molecular complexity index is 956. The summed E-state index contributed by atoms with van der Waals surface area (Å²) in [5.74, 6) is -2.03. The van der Waals surface area contributed by atoms with Gasteiger partial charge in [0, 0.05) is 19.6 Å². The molecule has 0 aliphatic rings. The molecule has 0 saturated carbocycles. The van der Waals surface area contributed by atoms with Crippen LogP contribution >= 0.6 is 0 Å². The highest BCUT2D eigenvalue weighted by molar-refractivity contribution is 5.84. The summed E-state index contributed by atoms with van der Waals surface area (Å²) in [6.07, 6.45) is 0.141. The van der Waals surface area contributed by atoms with Crippen molar-refractivity contribution < 1.29 is 67.0 Å². The number of carbonyl (C=O) groups excluding carboxylic acids is 4. The van der Waals surface area contributed by atoms with Crippen molar-refractivity contribution in [2.75, 3.05) is 98.9 Å². The molecular weight excluding hydrogens is 664 g/mol. The SMILES string of the molecule is CC(C)(C)OC(=O)NCCOCCOCCOCC(=O)NCCCC[C@H](NC(=O)COCCOCCOCCNC(=O)OC(C)(C)C)C(=O)O. The predicted octanol–water partition coefficient (Wildman–Crippen LogP) is 0.991. The van der Waals surface area contributed by atoms with Crippen LogP contribution in [0, 0.1) is 0 Å². The molecule has 0 fully saturated rings. The number of ether oxygens (including phenoxy) is 8. The Morgan fingerprint density at radius 1 is 0.520 bits per heavy atom. The minimum absolute atomic E-state index is 0.134. The Morgan fingerprint density at radius 3 is 1.34 bits per heavy atom. The number of hydrogen-bond donors (Lipinski definition) is 5. The fraction of sp³-hybridized carbons (Fsp3) is 0.844.